The molecule has 3 heteroatoms. The summed E-state index contributed by atoms with van der Waals surface area (Å²) < 4.78 is 6.37. The summed E-state index contributed by atoms with van der Waals surface area (Å²) in [5.41, 5.74) is 1.26. The van der Waals surface area contributed by atoms with Crippen molar-refractivity contribution in [3.63, 3.8) is 0 Å². The van der Waals surface area contributed by atoms with Crippen LogP contribution >= 0.6 is 11.3 Å². The lowest BCUT2D eigenvalue weighted by molar-refractivity contribution is 0.112. The number of benzene rings is 1. The number of aldehydes is 1. The lowest BCUT2D eigenvalue weighted by Gasteiger charge is -2.00. The van der Waals surface area contributed by atoms with Crippen molar-refractivity contribution in [2.75, 3.05) is 7.11 Å². The molecule has 0 aliphatic rings. The highest BCUT2D eigenvalue weighted by Gasteiger charge is 2.11. The Morgan fingerprint density at radius 2 is 2.27 bits per heavy atom. The molecule has 0 saturated heterocycles. The Hall–Kier alpha value is -1.35. The van der Waals surface area contributed by atoms with Crippen molar-refractivity contribution in [1.29, 1.82) is 0 Å². The van der Waals surface area contributed by atoms with Crippen molar-refractivity contribution < 1.29 is 9.53 Å². The second kappa shape index (κ2) is 4.03. The van der Waals surface area contributed by atoms with Gasteiger partial charge in [0, 0.05) is 10.1 Å². The molecule has 1 aromatic carbocycles. The number of thiophene rings is 1. The number of fused-ring (bicyclic) bond motifs is 1. The summed E-state index contributed by atoms with van der Waals surface area (Å²) in [5, 5.41) is 1.05. The molecule has 2 rings (SSSR count). The van der Waals surface area contributed by atoms with Crippen LogP contribution in [0.25, 0.3) is 10.1 Å². The number of hydrogen-bond donors (Lipinski definition) is 0. The van der Waals surface area contributed by atoms with Crippen LogP contribution in [0.15, 0.2) is 18.2 Å². The van der Waals surface area contributed by atoms with Gasteiger partial charge in [0.1, 0.15) is 10.6 Å². The summed E-state index contributed by atoms with van der Waals surface area (Å²) in [5.74, 6) is 0.709. The van der Waals surface area contributed by atoms with Crippen LogP contribution in [0.5, 0.6) is 5.75 Å². The Morgan fingerprint density at radius 1 is 1.47 bits per heavy atom. The minimum absolute atomic E-state index is 0.667. The quantitative estimate of drug-likeness (QED) is 0.742. The molecule has 0 atom stereocenters. The first-order valence-corrected chi connectivity index (χ1v) is 5.66. The Kier molecular flexibility index (Phi) is 2.73. The van der Waals surface area contributed by atoms with Crippen molar-refractivity contribution in [1.82, 2.24) is 0 Å². The standard InChI is InChI=1S/C12H12O2S/c1-3-8-4-5-10-9(6-8)12(14-2)11(7-13)15-10/h4-7H,3H2,1-2H3. The Balaban J connectivity index is 2.73. The average molecular weight is 220 g/mol. The van der Waals surface area contributed by atoms with E-state index in [9.17, 15) is 4.79 Å². The average Bonchev–Trinajstić information content (AvgIpc) is 2.65. The van der Waals surface area contributed by atoms with Crippen LogP contribution in [0.2, 0.25) is 0 Å². The molecule has 0 N–H and O–H groups in total. The Bertz CT molecular complexity index is 500. The molecule has 0 radical (unpaired) electrons. The number of carbonyl (C=O) groups excluding carboxylic acids is 1. The number of ether oxygens (including phenoxy) is 1. The zero-order chi connectivity index (χ0) is 10.8. The second-order valence-electron chi connectivity index (χ2n) is 3.30. The van der Waals surface area contributed by atoms with E-state index in [4.69, 9.17) is 4.74 Å². The number of aryl methyl sites for hydroxylation is 1. The molecule has 0 spiro atoms. The first kappa shape index (κ1) is 10.2. The molecule has 0 aliphatic heterocycles. The number of rotatable bonds is 3. The predicted octanol–water partition coefficient (Wildman–Crippen LogP) is 3.28. The zero-order valence-electron chi connectivity index (χ0n) is 8.74. The van der Waals surface area contributed by atoms with E-state index in [1.54, 1.807) is 7.11 Å². The zero-order valence-corrected chi connectivity index (χ0v) is 9.56. The van der Waals surface area contributed by atoms with E-state index in [2.05, 4.69) is 19.1 Å². The van der Waals surface area contributed by atoms with Crippen molar-refractivity contribution in [3.05, 3.63) is 28.6 Å². The number of methoxy groups -OCH3 is 1. The van der Waals surface area contributed by atoms with Gasteiger partial charge in [0.05, 0.1) is 7.11 Å². The van der Waals surface area contributed by atoms with E-state index in [-0.39, 0.29) is 0 Å². The second-order valence-corrected chi connectivity index (χ2v) is 4.39. The minimum Gasteiger partial charge on any atom is -0.494 e. The van der Waals surface area contributed by atoms with Crippen LogP contribution in [-0.4, -0.2) is 13.4 Å². The van der Waals surface area contributed by atoms with Crippen LogP contribution in [0.1, 0.15) is 22.2 Å². The fourth-order valence-electron chi connectivity index (χ4n) is 1.65. The van der Waals surface area contributed by atoms with Crippen LogP contribution < -0.4 is 4.74 Å². The van der Waals surface area contributed by atoms with E-state index in [0.717, 1.165) is 22.8 Å². The monoisotopic (exact) mass is 220 g/mol. The number of hydrogen-bond acceptors (Lipinski definition) is 3. The van der Waals surface area contributed by atoms with Gasteiger partial charge in [0.25, 0.3) is 0 Å². The molecule has 2 aromatic rings. The van der Waals surface area contributed by atoms with Crippen LogP contribution in [0.3, 0.4) is 0 Å². The lowest BCUT2D eigenvalue weighted by atomic mass is 10.1. The lowest BCUT2D eigenvalue weighted by Crippen LogP contribution is -1.85. The number of carbonyl (C=O) groups is 1. The summed E-state index contributed by atoms with van der Waals surface area (Å²) >= 11 is 1.47. The molecule has 78 valence electrons. The van der Waals surface area contributed by atoms with Gasteiger partial charge in [-0.15, -0.1) is 11.3 Å². The molecule has 2 nitrogen and oxygen atoms in total. The largest absolute Gasteiger partial charge is 0.494 e. The summed E-state index contributed by atoms with van der Waals surface area (Å²) in [6.45, 7) is 2.11. The Morgan fingerprint density at radius 3 is 2.87 bits per heavy atom. The van der Waals surface area contributed by atoms with Gasteiger partial charge in [-0.3, -0.25) is 4.79 Å². The van der Waals surface area contributed by atoms with E-state index >= 15 is 0 Å². The van der Waals surface area contributed by atoms with Crippen molar-refractivity contribution >= 4 is 27.7 Å². The minimum atomic E-state index is 0.667. The van der Waals surface area contributed by atoms with Crippen LogP contribution in [0.4, 0.5) is 0 Å². The first-order chi connectivity index (χ1) is 7.30. The molecule has 1 aromatic heterocycles. The van der Waals surface area contributed by atoms with E-state index < -0.39 is 0 Å². The molecule has 0 unspecified atom stereocenters. The summed E-state index contributed by atoms with van der Waals surface area (Å²) in [7, 11) is 1.60. The summed E-state index contributed by atoms with van der Waals surface area (Å²) in [4.78, 5) is 11.5. The maximum absolute atomic E-state index is 10.8. The normalized spacial score (nSPS) is 10.5. The summed E-state index contributed by atoms with van der Waals surface area (Å²) in [6, 6.07) is 6.23. The third-order valence-electron chi connectivity index (χ3n) is 2.45. The predicted molar refractivity (Wildman–Crippen MR) is 63.1 cm³/mol. The van der Waals surface area contributed by atoms with Crippen LogP contribution in [-0.2, 0) is 6.42 Å². The third kappa shape index (κ3) is 1.63. The molecule has 0 fully saturated rings. The van der Waals surface area contributed by atoms with Gasteiger partial charge >= 0.3 is 0 Å². The highest BCUT2D eigenvalue weighted by molar-refractivity contribution is 7.21. The van der Waals surface area contributed by atoms with Gasteiger partial charge in [-0.2, -0.15) is 0 Å². The highest BCUT2D eigenvalue weighted by Crippen LogP contribution is 2.37. The molecular weight excluding hydrogens is 208 g/mol. The molecule has 1 heterocycles. The molecular formula is C12H12O2S. The van der Waals surface area contributed by atoms with E-state index in [1.165, 1.54) is 16.9 Å². The van der Waals surface area contributed by atoms with Gasteiger partial charge < -0.3 is 4.74 Å². The SMILES string of the molecule is CCc1ccc2sc(C=O)c(OC)c2c1. The van der Waals surface area contributed by atoms with Crippen molar-refractivity contribution in [2.24, 2.45) is 0 Å². The molecule has 15 heavy (non-hydrogen) atoms. The third-order valence-corrected chi connectivity index (χ3v) is 3.53. The van der Waals surface area contributed by atoms with Crippen LogP contribution in [0, 0.1) is 0 Å². The topological polar surface area (TPSA) is 26.3 Å². The fourth-order valence-corrected chi connectivity index (χ4v) is 2.62. The van der Waals surface area contributed by atoms with Gasteiger partial charge in [-0.1, -0.05) is 13.0 Å². The smallest absolute Gasteiger partial charge is 0.163 e. The maximum atomic E-state index is 10.8. The molecule has 0 aliphatic carbocycles. The first-order valence-electron chi connectivity index (χ1n) is 4.84. The fraction of sp³-hybridized carbons (Fsp3) is 0.250. The summed E-state index contributed by atoms with van der Waals surface area (Å²) in [6.07, 6.45) is 1.85. The molecule has 0 amide bonds. The van der Waals surface area contributed by atoms with Gasteiger partial charge in [0.2, 0.25) is 0 Å². The van der Waals surface area contributed by atoms with Gasteiger partial charge in [-0.05, 0) is 24.1 Å². The van der Waals surface area contributed by atoms with Gasteiger partial charge in [-0.25, -0.2) is 0 Å². The molecule has 0 saturated carbocycles. The van der Waals surface area contributed by atoms with E-state index in [0.29, 0.717) is 10.6 Å². The van der Waals surface area contributed by atoms with Crippen molar-refractivity contribution in [3.8, 4) is 5.75 Å². The van der Waals surface area contributed by atoms with E-state index in [1.807, 2.05) is 6.07 Å². The van der Waals surface area contributed by atoms with Gasteiger partial charge in [0.15, 0.2) is 6.29 Å². The highest BCUT2D eigenvalue weighted by atomic mass is 32.1. The molecule has 0 bridgehead atoms. The Labute approximate surface area is 92.5 Å². The maximum Gasteiger partial charge on any atom is 0.163 e. The van der Waals surface area contributed by atoms with Crippen molar-refractivity contribution in [2.45, 2.75) is 13.3 Å².